The molecule has 0 radical (unpaired) electrons. The zero-order valence-corrected chi connectivity index (χ0v) is 9.54. The zero-order valence-electron chi connectivity index (χ0n) is 8.79. The molecule has 0 saturated carbocycles. The predicted molar refractivity (Wildman–Crippen MR) is 61.8 cm³/mol. The lowest BCUT2D eigenvalue weighted by molar-refractivity contribution is 0.694. The first-order chi connectivity index (χ1) is 6.54. The van der Waals surface area contributed by atoms with Crippen LogP contribution in [0.15, 0.2) is 12.1 Å². The average molecular weight is 214 g/mol. The molecule has 0 aliphatic rings. The number of pyridine rings is 1. The highest BCUT2D eigenvalue weighted by atomic mass is 35.5. The van der Waals surface area contributed by atoms with E-state index in [2.05, 4.69) is 30.7 Å². The number of rotatable bonds is 3. The molecule has 3 nitrogen and oxygen atoms in total. The Labute approximate surface area is 89.9 Å². The molecule has 0 saturated heterocycles. The summed E-state index contributed by atoms with van der Waals surface area (Å²) >= 11 is 5.84. The van der Waals surface area contributed by atoms with Crippen LogP contribution < -0.4 is 10.6 Å². The van der Waals surface area contributed by atoms with Gasteiger partial charge in [-0.05, 0) is 26.8 Å². The smallest absolute Gasteiger partial charge is 0.133 e. The van der Waals surface area contributed by atoms with E-state index in [9.17, 15) is 0 Å². The van der Waals surface area contributed by atoms with Crippen LogP contribution in [0.1, 0.15) is 20.8 Å². The van der Waals surface area contributed by atoms with Gasteiger partial charge in [0.2, 0.25) is 0 Å². The summed E-state index contributed by atoms with van der Waals surface area (Å²) in [5.74, 6) is 0.840. The number of halogens is 1. The van der Waals surface area contributed by atoms with Crippen molar-refractivity contribution in [1.29, 1.82) is 0 Å². The summed E-state index contributed by atoms with van der Waals surface area (Å²) in [6.45, 7) is 7.20. The molecule has 0 amide bonds. The Kier molecular flexibility index (Phi) is 3.58. The molecular formula is C10H16ClN3. The van der Waals surface area contributed by atoms with Gasteiger partial charge in [0.05, 0.1) is 0 Å². The molecule has 1 heterocycles. The van der Waals surface area contributed by atoms with Crippen LogP contribution in [-0.4, -0.2) is 17.6 Å². The minimum Gasteiger partial charge on any atom is -0.399 e. The van der Waals surface area contributed by atoms with E-state index in [1.807, 2.05) is 6.07 Å². The number of hydrogen-bond acceptors (Lipinski definition) is 3. The van der Waals surface area contributed by atoms with Gasteiger partial charge in [0.15, 0.2) is 0 Å². The third-order valence-electron chi connectivity index (χ3n) is 2.06. The summed E-state index contributed by atoms with van der Waals surface area (Å²) in [5, 5.41) is 0.444. The Morgan fingerprint density at radius 3 is 2.57 bits per heavy atom. The van der Waals surface area contributed by atoms with Crippen LogP contribution in [0, 0.1) is 0 Å². The van der Waals surface area contributed by atoms with Crippen LogP contribution in [0.4, 0.5) is 11.5 Å². The molecule has 0 fully saturated rings. The minimum absolute atomic E-state index is 0.394. The maximum atomic E-state index is 5.84. The predicted octanol–water partition coefficient (Wildman–Crippen LogP) is 2.55. The average Bonchev–Trinajstić information content (AvgIpc) is 2.02. The first-order valence-corrected chi connectivity index (χ1v) is 5.12. The van der Waals surface area contributed by atoms with Crippen LogP contribution in [-0.2, 0) is 0 Å². The van der Waals surface area contributed by atoms with Gasteiger partial charge >= 0.3 is 0 Å². The number of nitrogen functional groups attached to an aromatic ring is 1. The normalized spacial score (nSPS) is 10.6. The summed E-state index contributed by atoms with van der Waals surface area (Å²) in [6, 6.07) is 3.89. The number of nitrogens with two attached hydrogens (primary N) is 1. The highest BCUT2D eigenvalue weighted by Gasteiger charge is 2.10. The summed E-state index contributed by atoms with van der Waals surface area (Å²) in [5.41, 5.74) is 6.35. The van der Waals surface area contributed by atoms with Gasteiger partial charge in [-0.2, -0.15) is 0 Å². The molecule has 1 aromatic rings. The second-order valence-corrected chi connectivity index (χ2v) is 3.85. The van der Waals surface area contributed by atoms with Gasteiger partial charge in [-0.1, -0.05) is 11.6 Å². The highest BCUT2D eigenvalue weighted by molar-refractivity contribution is 6.29. The highest BCUT2D eigenvalue weighted by Crippen LogP contribution is 2.20. The van der Waals surface area contributed by atoms with Crippen molar-refractivity contribution in [2.75, 3.05) is 17.2 Å². The molecule has 0 spiro atoms. The largest absolute Gasteiger partial charge is 0.399 e. The second kappa shape index (κ2) is 4.51. The summed E-state index contributed by atoms with van der Waals surface area (Å²) in [7, 11) is 0. The van der Waals surface area contributed by atoms with Gasteiger partial charge in [-0.3, -0.25) is 0 Å². The van der Waals surface area contributed by atoms with E-state index < -0.39 is 0 Å². The summed E-state index contributed by atoms with van der Waals surface area (Å²) < 4.78 is 0. The van der Waals surface area contributed by atoms with Crippen molar-refractivity contribution in [1.82, 2.24) is 4.98 Å². The Morgan fingerprint density at radius 1 is 1.50 bits per heavy atom. The third-order valence-corrected chi connectivity index (χ3v) is 2.25. The Morgan fingerprint density at radius 2 is 2.14 bits per heavy atom. The molecule has 0 aliphatic heterocycles. The standard InChI is InChI=1S/C10H16ClN3/c1-4-14(7(2)3)10-6-8(12)5-9(11)13-10/h5-7H,4H2,1-3H3,(H2,12,13). The third kappa shape index (κ3) is 2.51. The fourth-order valence-corrected chi connectivity index (χ4v) is 1.65. The molecule has 1 aromatic heterocycles. The maximum Gasteiger partial charge on any atom is 0.133 e. The minimum atomic E-state index is 0.394. The molecule has 4 heteroatoms. The molecule has 0 unspecified atom stereocenters. The maximum absolute atomic E-state index is 5.84. The van der Waals surface area contributed by atoms with E-state index in [0.717, 1.165) is 12.4 Å². The monoisotopic (exact) mass is 213 g/mol. The Bertz CT molecular complexity index is 292. The van der Waals surface area contributed by atoms with Crippen molar-refractivity contribution in [3.63, 3.8) is 0 Å². The topological polar surface area (TPSA) is 42.1 Å². The van der Waals surface area contributed by atoms with Gasteiger partial charge < -0.3 is 10.6 Å². The van der Waals surface area contributed by atoms with Crippen LogP contribution in [0.25, 0.3) is 0 Å². The van der Waals surface area contributed by atoms with Crippen molar-refractivity contribution < 1.29 is 0 Å². The molecule has 14 heavy (non-hydrogen) atoms. The van der Waals surface area contributed by atoms with E-state index in [-0.39, 0.29) is 0 Å². The van der Waals surface area contributed by atoms with Gasteiger partial charge in [-0.25, -0.2) is 4.98 Å². The van der Waals surface area contributed by atoms with E-state index in [0.29, 0.717) is 16.9 Å². The second-order valence-electron chi connectivity index (χ2n) is 3.46. The van der Waals surface area contributed by atoms with Crippen molar-refractivity contribution in [2.45, 2.75) is 26.8 Å². The molecule has 0 aliphatic carbocycles. The van der Waals surface area contributed by atoms with Crippen molar-refractivity contribution >= 4 is 23.1 Å². The lowest BCUT2D eigenvalue weighted by Gasteiger charge is -2.26. The van der Waals surface area contributed by atoms with Crippen LogP contribution in [0.2, 0.25) is 5.15 Å². The lowest BCUT2D eigenvalue weighted by Crippen LogP contribution is -2.31. The lowest BCUT2D eigenvalue weighted by atomic mass is 10.3. The van der Waals surface area contributed by atoms with Crippen molar-refractivity contribution in [3.8, 4) is 0 Å². The Balaban J connectivity index is 3.04. The van der Waals surface area contributed by atoms with E-state index in [4.69, 9.17) is 17.3 Å². The first kappa shape index (κ1) is 11.1. The van der Waals surface area contributed by atoms with Gasteiger partial charge in [0, 0.05) is 24.3 Å². The molecule has 0 aromatic carbocycles. The number of anilines is 2. The van der Waals surface area contributed by atoms with Crippen LogP contribution in [0.3, 0.4) is 0 Å². The SMILES string of the molecule is CCN(c1cc(N)cc(Cl)n1)C(C)C. The quantitative estimate of drug-likeness (QED) is 0.785. The van der Waals surface area contributed by atoms with Gasteiger partial charge in [0.25, 0.3) is 0 Å². The van der Waals surface area contributed by atoms with Crippen LogP contribution in [0.5, 0.6) is 0 Å². The van der Waals surface area contributed by atoms with E-state index in [1.54, 1.807) is 6.07 Å². The number of hydrogen-bond donors (Lipinski definition) is 1. The van der Waals surface area contributed by atoms with Gasteiger partial charge in [0.1, 0.15) is 11.0 Å². The molecule has 78 valence electrons. The number of aromatic nitrogens is 1. The summed E-state index contributed by atoms with van der Waals surface area (Å²) in [4.78, 5) is 6.38. The van der Waals surface area contributed by atoms with Crippen molar-refractivity contribution in [3.05, 3.63) is 17.3 Å². The molecule has 1 rings (SSSR count). The number of nitrogens with zero attached hydrogens (tertiary/aromatic N) is 2. The molecule has 0 atom stereocenters. The Hall–Kier alpha value is -0.960. The van der Waals surface area contributed by atoms with Crippen LogP contribution >= 0.6 is 11.6 Å². The van der Waals surface area contributed by atoms with Gasteiger partial charge in [-0.15, -0.1) is 0 Å². The molecule has 0 bridgehead atoms. The fraction of sp³-hybridized carbons (Fsp3) is 0.500. The van der Waals surface area contributed by atoms with E-state index in [1.165, 1.54) is 0 Å². The first-order valence-electron chi connectivity index (χ1n) is 4.74. The van der Waals surface area contributed by atoms with E-state index >= 15 is 0 Å². The fourth-order valence-electron chi connectivity index (χ4n) is 1.44. The molecular weight excluding hydrogens is 198 g/mol. The summed E-state index contributed by atoms with van der Waals surface area (Å²) in [6.07, 6.45) is 0. The molecule has 2 N–H and O–H groups in total. The zero-order chi connectivity index (χ0) is 10.7. The van der Waals surface area contributed by atoms with Crippen molar-refractivity contribution in [2.24, 2.45) is 0 Å².